The molecule has 0 heterocycles. The van der Waals surface area contributed by atoms with Crippen molar-refractivity contribution in [3.63, 3.8) is 0 Å². The Morgan fingerprint density at radius 1 is 1.31 bits per heavy atom. The second-order valence-corrected chi connectivity index (χ2v) is 2.61. The normalized spacial score (nSPS) is 12.8. The SMILES string of the molecule is OCC(NO)c1ccc(O)cc1O. The van der Waals surface area contributed by atoms with Gasteiger partial charge in [0, 0.05) is 11.6 Å². The molecule has 1 unspecified atom stereocenters. The molecule has 1 aromatic rings. The van der Waals surface area contributed by atoms with Gasteiger partial charge in [0.05, 0.1) is 12.6 Å². The molecule has 72 valence electrons. The lowest BCUT2D eigenvalue weighted by Crippen LogP contribution is -2.20. The molecule has 0 aliphatic carbocycles. The van der Waals surface area contributed by atoms with E-state index < -0.39 is 6.04 Å². The number of phenolic OH excluding ortho intramolecular Hbond substituents is 2. The summed E-state index contributed by atoms with van der Waals surface area (Å²) in [6.45, 7) is -0.352. The number of aliphatic hydroxyl groups excluding tert-OH is 1. The van der Waals surface area contributed by atoms with Gasteiger partial charge in [-0.3, -0.25) is 0 Å². The van der Waals surface area contributed by atoms with Gasteiger partial charge in [-0.15, -0.1) is 0 Å². The standard InChI is InChI=1S/C8H11NO4/c10-4-7(9-13)6-2-1-5(11)3-8(6)12/h1-3,7,9-13H,4H2. The number of aliphatic hydroxyl groups is 1. The average molecular weight is 185 g/mol. The van der Waals surface area contributed by atoms with Crippen molar-refractivity contribution < 1.29 is 20.5 Å². The summed E-state index contributed by atoms with van der Waals surface area (Å²) in [5.41, 5.74) is 2.16. The van der Waals surface area contributed by atoms with Gasteiger partial charge in [-0.05, 0) is 12.1 Å². The molecule has 0 amide bonds. The first-order valence-corrected chi connectivity index (χ1v) is 3.71. The van der Waals surface area contributed by atoms with Gasteiger partial charge < -0.3 is 20.5 Å². The molecule has 0 saturated heterocycles. The van der Waals surface area contributed by atoms with Crippen molar-refractivity contribution in [2.75, 3.05) is 6.61 Å². The number of rotatable bonds is 3. The quantitative estimate of drug-likeness (QED) is 0.431. The van der Waals surface area contributed by atoms with Crippen molar-refractivity contribution in [3.05, 3.63) is 23.8 Å². The van der Waals surface area contributed by atoms with Crippen LogP contribution in [0.5, 0.6) is 11.5 Å². The number of hydrogen-bond acceptors (Lipinski definition) is 5. The van der Waals surface area contributed by atoms with E-state index in [2.05, 4.69) is 0 Å². The lowest BCUT2D eigenvalue weighted by atomic mass is 10.1. The van der Waals surface area contributed by atoms with E-state index in [-0.39, 0.29) is 18.1 Å². The van der Waals surface area contributed by atoms with Crippen LogP contribution in [0.1, 0.15) is 11.6 Å². The van der Waals surface area contributed by atoms with Gasteiger partial charge in [-0.2, -0.15) is 5.48 Å². The topological polar surface area (TPSA) is 93.0 Å². The van der Waals surface area contributed by atoms with E-state index in [9.17, 15) is 5.11 Å². The van der Waals surface area contributed by atoms with E-state index in [4.69, 9.17) is 15.4 Å². The summed E-state index contributed by atoms with van der Waals surface area (Å²) in [5, 5.41) is 35.6. The first-order valence-electron chi connectivity index (χ1n) is 3.71. The van der Waals surface area contributed by atoms with Crippen molar-refractivity contribution in [1.82, 2.24) is 5.48 Å². The molecule has 1 atom stereocenters. The third-order valence-electron chi connectivity index (χ3n) is 1.73. The summed E-state index contributed by atoms with van der Waals surface area (Å²) < 4.78 is 0. The minimum atomic E-state index is -0.749. The van der Waals surface area contributed by atoms with Crippen molar-refractivity contribution in [2.45, 2.75) is 6.04 Å². The van der Waals surface area contributed by atoms with Gasteiger partial charge in [0.2, 0.25) is 0 Å². The molecule has 0 aliphatic rings. The lowest BCUT2D eigenvalue weighted by Gasteiger charge is -2.13. The van der Waals surface area contributed by atoms with Crippen LogP contribution in [0.4, 0.5) is 0 Å². The van der Waals surface area contributed by atoms with E-state index in [0.717, 1.165) is 6.07 Å². The fourth-order valence-electron chi connectivity index (χ4n) is 1.04. The Balaban J connectivity index is 2.99. The Labute approximate surface area is 74.8 Å². The summed E-state index contributed by atoms with van der Waals surface area (Å²) in [6, 6.07) is 3.15. The molecule has 0 aromatic heterocycles. The van der Waals surface area contributed by atoms with Crippen LogP contribution < -0.4 is 5.48 Å². The number of nitrogens with one attached hydrogen (secondary N) is 1. The highest BCUT2D eigenvalue weighted by Gasteiger charge is 2.13. The molecule has 13 heavy (non-hydrogen) atoms. The smallest absolute Gasteiger partial charge is 0.124 e. The number of aromatic hydroxyl groups is 2. The Bertz CT molecular complexity index is 285. The van der Waals surface area contributed by atoms with E-state index >= 15 is 0 Å². The highest BCUT2D eigenvalue weighted by atomic mass is 16.5. The lowest BCUT2D eigenvalue weighted by molar-refractivity contribution is 0.0893. The van der Waals surface area contributed by atoms with Gasteiger partial charge >= 0.3 is 0 Å². The monoisotopic (exact) mass is 185 g/mol. The van der Waals surface area contributed by atoms with E-state index in [0.29, 0.717) is 5.56 Å². The first kappa shape index (κ1) is 9.79. The van der Waals surface area contributed by atoms with Crippen LogP contribution in [0.2, 0.25) is 0 Å². The zero-order valence-electron chi connectivity index (χ0n) is 6.81. The number of phenols is 2. The molecular formula is C8H11NO4. The fourth-order valence-corrected chi connectivity index (χ4v) is 1.04. The van der Waals surface area contributed by atoms with E-state index in [1.807, 2.05) is 5.48 Å². The van der Waals surface area contributed by atoms with Gasteiger partial charge in [0.15, 0.2) is 0 Å². The zero-order chi connectivity index (χ0) is 9.84. The van der Waals surface area contributed by atoms with Crippen LogP contribution >= 0.6 is 0 Å². The highest BCUT2D eigenvalue weighted by molar-refractivity contribution is 5.40. The van der Waals surface area contributed by atoms with Gasteiger partial charge in [-0.1, -0.05) is 0 Å². The molecule has 5 heteroatoms. The predicted molar refractivity (Wildman–Crippen MR) is 44.5 cm³/mol. The molecular weight excluding hydrogens is 174 g/mol. The molecule has 0 bridgehead atoms. The highest BCUT2D eigenvalue weighted by Crippen LogP contribution is 2.27. The number of benzene rings is 1. The minimum absolute atomic E-state index is 0.0733. The molecule has 1 aromatic carbocycles. The molecule has 5 nitrogen and oxygen atoms in total. The predicted octanol–water partition coefficient (Wildman–Crippen LogP) is 0.110. The zero-order valence-corrected chi connectivity index (χ0v) is 6.81. The molecule has 5 N–H and O–H groups in total. The second-order valence-electron chi connectivity index (χ2n) is 2.61. The van der Waals surface area contributed by atoms with Crippen LogP contribution in [0.3, 0.4) is 0 Å². The summed E-state index contributed by atoms with van der Waals surface area (Å²) >= 11 is 0. The Kier molecular flexibility index (Phi) is 3.07. The van der Waals surface area contributed by atoms with Crippen molar-refractivity contribution >= 4 is 0 Å². The molecule has 0 aliphatic heterocycles. The van der Waals surface area contributed by atoms with Crippen molar-refractivity contribution in [2.24, 2.45) is 0 Å². The summed E-state index contributed by atoms with van der Waals surface area (Å²) in [7, 11) is 0. The van der Waals surface area contributed by atoms with Crippen LogP contribution in [0.25, 0.3) is 0 Å². The maximum atomic E-state index is 9.30. The van der Waals surface area contributed by atoms with Gasteiger partial charge in [-0.25, -0.2) is 0 Å². The van der Waals surface area contributed by atoms with Gasteiger partial charge in [0.1, 0.15) is 11.5 Å². The minimum Gasteiger partial charge on any atom is -0.508 e. The van der Waals surface area contributed by atoms with Crippen molar-refractivity contribution in [1.29, 1.82) is 0 Å². The van der Waals surface area contributed by atoms with Crippen LogP contribution in [0.15, 0.2) is 18.2 Å². The molecule has 1 rings (SSSR count). The van der Waals surface area contributed by atoms with Crippen molar-refractivity contribution in [3.8, 4) is 11.5 Å². The molecule has 0 spiro atoms. The molecule has 0 fully saturated rings. The Morgan fingerprint density at radius 2 is 2.00 bits per heavy atom. The van der Waals surface area contributed by atoms with Crippen LogP contribution in [0, 0.1) is 0 Å². The van der Waals surface area contributed by atoms with E-state index in [1.165, 1.54) is 12.1 Å². The Morgan fingerprint density at radius 3 is 2.46 bits per heavy atom. The first-order chi connectivity index (χ1) is 6.19. The third kappa shape index (κ3) is 2.09. The second kappa shape index (κ2) is 4.08. The van der Waals surface area contributed by atoms with E-state index in [1.54, 1.807) is 0 Å². The van der Waals surface area contributed by atoms with Crippen LogP contribution in [-0.2, 0) is 0 Å². The average Bonchev–Trinajstić information content (AvgIpc) is 2.10. The molecule has 0 saturated carbocycles. The summed E-state index contributed by atoms with van der Waals surface area (Å²) in [5.74, 6) is -0.253. The summed E-state index contributed by atoms with van der Waals surface area (Å²) in [6.07, 6.45) is 0. The number of hydroxylamine groups is 1. The largest absolute Gasteiger partial charge is 0.508 e. The van der Waals surface area contributed by atoms with Crippen LogP contribution in [-0.4, -0.2) is 27.1 Å². The fraction of sp³-hybridized carbons (Fsp3) is 0.250. The third-order valence-corrected chi connectivity index (χ3v) is 1.73. The Hall–Kier alpha value is -1.30. The maximum absolute atomic E-state index is 9.30. The maximum Gasteiger partial charge on any atom is 0.124 e. The number of hydrogen-bond donors (Lipinski definition) is 5. The van der Waals surface area contributed by atoms with Gasteiger partial charge in [0.25, 0.3) is 0 Å². The summed E-state index contributed by atoms with van der Waals surface area (Å²) in [4.78, 5) is 0. The molecule has 0 radical (unpaired) electrons.